The van der Waals surface area contributed by atoms with Crippen LogP contribution < -0.4 is 15.0 Å². The van der Waals surface area contributed by atoms with Gasteiger partial charge in [0.05, 0.1) is 11.2 Å². The molecule has 1 aromatic heterocycles. The van der Waals surface area contributed by atoms with Crippen LogP contribution in [0.15, 0.2) is 0 Å². The van der Waals surface area contributed by atoms with E-state index in [1.54, 1.807) is 4.90 Å². The molecule has 1 atom stereocenters. The lowest BCUT2D eigenvalue weighted by Crippen LogP contribution is -2.50. The van der Waals surface area contributed by atoms with Crippen molar-refractivity contribution in [1.82, 2.24) is 25.1 Å². The van der Waals surface area contributed by atoms with Crippen LogP contribution in [0.5, 0.6) is 6.01 Å². The van der Waals surface area contributed by atoms with Crippen molar-refractivity contribution in [3.8, 4) is 6.01 Å². The van der Waals surface area contributed by atoms with Gasteiger partial charge >= 0.3 is 12.1 Å². The number of piperazine rings is 1. The molecular formula is C23H38N6O3. The number of likely N-dealkylation sites (N-methyl/N-ethyl adjacent to an activating group) is 1. The molecule has 0 radical (unpaired) electrons. The van der Waals surface area contributed by atoms with Gasteiger partial charge in [-0.2, -0.15) is 9.97 Å². The molecule has 0 aliphatic carbocycles. The molecule has 0 unspecified atom stereocenters. The van der Waals surface area contributed by atoms with Crippen LogP contribution in [0.4, 0.5) is 10.6 Å². The van der Waals surface area contributed by atoms with Crippen LogP contribution in [0.3, 0.4) is 0 Å². The van der Waals surface area contributed by atoms with E-state index in [2.05, 4.69) is 29.1 Å². The van der Waals surface area contributed by atoms with E-state index in [1.165, 1.54) is 12.0 Å². The first kappa shape index (κ1) is 23.0. The number of likely N-dealkylation sites (tertiary alicyclic amines) is 1. The molecule has 1 N–H and O–H groups in total. The summed E-state index contributed by atoms with van der Waals surface area (Å²) >= 11 is 0. The summed E-state index contributed by atoms with van der Waals surface area (Å²) in [5.74, 6) is 0.959. The van der Waals surface area contributed by atoms with Gasteiger partial charge < -0.3 is 24.6 Å². The average molecular weight is 447 g/mol. The van der Waals surface area contributed by atoms with Crippen LogP contribution in [-0.2, 0) is 17.7 Å². The molecule has 0 saturated carbocycles. The SMILES string of the molecule is CN1CCC[C@@]1(C)COc1nc2c(c(N3CCN(C(=O)OC(C)(C)C)CC3)n1)CCNC2. The van der Waals surface area contributed by atoms with E-state index < -0.39 is 5.60 Å². The van der Waals surface area contributed by atoms with Gasteiger partial charge in [-0.05, 0) is 67.1 Å². The molecule has 32 heavy (non-hydrogen) atoms. The Hall–Kier alpha value is -2.13. The summed E-state index contributed by atoms with van der Waals surface area (Å²) in [6.45, 7) is 13.9. The van der Waals surface area contributed by atoms with Crippen molar-refractivity contribution in [2.75, 3.05) is 57.8 Å². The number of rotatable bonds is 4. The molecular weight excluding hydrogens is 408 g/mol. The third kappa shape index (κ3) is 5.09. The fraction of sp³-hybridized carbons (Fsp3) is 0.783. The van der Waals surface area contributed by atoms with E-state index in [1.807, 2.05) is 20.8 Å². The monoisotopic (exact) mass is 446 g/mol. The molecule has 0 aromatic carbocycles. The number of nitrogens with one attached hydrogen (secondary N) is 1. The largest absolute Gasteiger partial charge is 0.461 e. The molecule has 1 aromatic rings. The Balaban J connectivity index is 1.47. The molecule has 0 bridgehead atoms. The molecule has 1 amide bonds. The standard InChI is InChI=1S/C23H38N6O3/c1-22(2,3)32-21(30)29-13-11-28(12-14-29)19-17-7-9-24-15-18(17)25-20(26-19)31-16-23(4)8-6-10-27(23)5/h24H,6-16H2,1-5H3/t23-/m0/s1. The number of anilines is 1. The second kappa shape index (κ2) is 9.02. The number of ether oxygens (including phenoxy) is 2. The van der Waals surface area contributed by atoms with E-state index in [-0.39, 0.29) is 11.6 Å². The van der Waals surface area contributed by atoms with Crippen LogP contribution in [0.1, 0.15) is 51.8 Å². The fourth-order valence-electron chi connectivity index (χ4n) is 4.63. The van der Waals surface area contributed by atoms with E-state index in [4.69, 9.17) is 19.4 Å². The van der Waals surface area contributed by atoms with Crippen LogP contribution in [0.25, 0.3) is 0 Å². The summed E-state index contributed by atoms with van der Waals surface area (Å²) in [7, 11) is 2.16. The third-order valence-corrected chi connectivity index (χ3v) is 6.77. The Morgan fingerprint density at radius 1 is 1.16 bits per heavy atom. The van der Waals surface area contributed by atoms with Gasteiger partial charge in [0, 0.05) is 38.3 Å². The van der Waals surface area contributed by atoms with Crippen molar-refractivity contribution in [3.05, 3.63) is 11.3 Å². The minimum absolute atomic E-state index is 0.0245. The van der Waals surface area contributed by atoms with Gasteiger partial charge in [0.15, 0.2) is 0 Å². The van der Waals surface area contributed by atoms with Crippen LogP contribution in [-0.4, -0.2) is 89.9 Å². The number of fused-ring (bicyclic) bond motifs is 1. The number of carbonyl (C=O) groups excluding carboxylic acids is 1. The van der Waals surface area contributed by atoms with Crippen LogP contribution in [0, 0.1) is 0 Å². The minimum Gasteiger partial charge on any atom is -0.461 e. The van der Waals surface area contributed by atoms with E-state index in [0.29, 0.717) is 25.7 Å². The van der Waals surface area contributed by atoms with Gasteiger partial charge in [-0.25, -0.2) is 4.79 Å². The van der Waals surface area contributed by atoms with Gasteiger partial charge in [-0.15, -0.1) is 0 Å². The molecule has 9 nitrogen and oxygen atoms in total. The quantitative estimate of drug-likeness (QED) is 0.752. The topological polar surface area (TPSA) is 83.1 Å². The number of aromatic nitrogens is 2. The van der Waals surface area contributed by atoms with Gasteiger partial charge in [0.25, 0.3) is 0 Å². The summed E-state index contributed by atoms with van der Waals surface area (Å²) in [5, 5.41) is 3.41. The molecule has 178 valence electrons. The minimum atomic E-state index is -0.483. The lowest BCUT2D eigenvalue weighted by molar-refractivity contribution is 0.0240. The predicted octanol–water partition coefficient (Wildman–Crippen LogP) is 2.04. The Morgan fingerprint density at radius 2 is 1.91 bits per heavy atom. The molecule has 4 heterocycles. The lowest BCUT2D eigenvalue weighted by atomic mass is 10.0. The highest BCUT2D eigenvalue weighted by Crippen LogP contribution is 2.30. The number of nitrogens with zero attached hydrogens (tertiary/aromatic N) is 5. The van der Waals surface area contributed by atoms with E-state index >= 15 is 0 Å². The smallest absolute Gasteiger partial charge is 0.410 e. The molecule has 2 fully saturated rings. The van der Waals surface area contributed by atoms with Gasteiger partial charge in [0.2, 0.25) is 0 Å². The summed E-state index contributed by atoms with van der Waals surface area (Å²) in [6, 6.07) is 0.457. The van der Waals surface area contributed by atoms with E-state index in [9.17, 15) is 4.79 Å². The fourth-order valence-corrected chi connectivity index (χ4v) is 4.63. The average Bonchev–Trinajstić information content (AvgIpc) is 3.09. The van der Waals surface area contributed by atoms with Gasteiger partial charge in [-0.3, -0.25) is 4.90 Å². The maximum atomic E-state index is 12.4. The first-order valence-electron chi connectivity index (χ1n) is 11.8. The van der Waals surface area contributed by atoms with Crippen molar-refractivity contribution in [2.45, 2.75) is 64.6 Å². The second-order valence-electron chi connectivity index (χ2n) is 10.4. The first-order valence-corrected chi connectivity index (χ1v) is 11.8. The number of amides is 1. The number of hydrogen-bond donors (Lipinski definition) is 1. The zero-order valence-corrected chi connectivity index (χ0v) is 20.2. The van der Waals surface area contributed by atoms with Crippen molar-refractivity contribution in [2.24, 2.45) is 0 Å². The number of hydrogen-bond acceptors (Lipinski definition) is 8. The Morgan fingerprint density at radius 3 is 2.56 bits per heavy atom. The molecule has 2 saturated heterocycles. The summed E-state index contributed by atoms with van der Waals surface area (Å²) in [6.07, 6.45) is 2.97. The maximum Gasteiger partial charge on any atom is 0.410 e. The summed E-state index contributed by atoms with van der Waals surface area (Å²) in [5.41, 5.74) is 1.77. The highest BCUT2D eigenvalue weighted by atomic mass is 16.6. The molecule has 4 rings (SSSR count). The van der Waals surface area contributed by atoms with Crippen LogP contribution in [0.2, 0.25) is 0 Å². The number of carbonyl (C=O) groups is 1. The first-order chi connectivity index (χ1) is 15.1. The third-order valence-electron chi connectivity index (χ3n) is 6.77. The highest BCUT2D eigenvalue weighted by molar-refractivity contribution is 5.68. The lowest BCUT2D eigenvalue weighted by Gasteiger charge is -2.37. The van der Waals surface area contributed by atoms with Crippen molar-refractivity contribution < 1.29 is 14.3 Å². The van der Waals surface area contributed by atoms with Crippen LogP contribution >= 0.6 is 0 Å². The summed E-state index contributed by atoms with van der Waals surface area (Å²) in [4.78, 5) is 28.5. The van der Waals surface area contributed by atoms with Crippen molar-refractivity contribution in [3.63, 3.8) is 0 Å². The molecule has 9 heteroatoms. The van der Waals surface area contributed by atoms with Crippen molar-refractivity contribution in [1.29, 1.82) is 0 Å². The molecule has 0 spiro atoms. The van der Waals surface area contributed by atoms with E-state index in [0.717, 1.165) is 57.1 Å². The van der Waals surface area contributed by atoms with Gasteiger partial charge in [-0.1, -0.05) is 0 Å². The zero-order valence-electron chi connectivity index (χ0n) is 20.2. The van der Waals surface area contributed by atoms with Gasteiger partial charge in [0.1, 0.15) is 18.0 Å². The van der Waals surface area contributed by atoms with Crippen molar-refractivity contribution >= 4 is 11.9 Å². The Labute approximate surface area is 191 Å². The molecule has 3 aliphatic rings. The highest BCUT2D eigenvalue weighted by Gasteiger charge is 2.35. The Kier molecular flexibility index (Phi) is 6.49. The second-order valence-corrected chi connectivity index (χ2v) is 10.4. The zero-order chi connectivity index (χ0) is 22.9. The normalized spacial score (nSPS) is 24.4. The molecule has 3 aliphatic heterocycles. The Bertz CT molecular complexity index is 834. The maximum absolute atomic E-state index is 12.4. The predicted molar refractivity (Wildman–Crippen MR) is 123 cm³/mol. The summed E-state index contributed by atoms with van der Waals surface area (Å²) < 4.78 is 11.7.